The molecule has 0 bridgehead atoms. The lowest BCUT2D eigenvalue weighted by Gasteiger charge is -2.16. The Bertz CT molecular complexity index is 1680. The van der Waals surface area contributed by atoms with E-state index in [1.54, 1.807) is 14.1 Å². The van der Waals surface area contributed by atoms with Crippen LogP contribution in [0, 0.1) is 12.7 Å². The molecule has 5 aromatic rings. The molecule has 1 aliphatic heterocycles. The number of benzene rings is 1. The van der Waals surface area contributed by atoms with Crippen LogP contribution in [-0.4, -0.2) is 70.0 Å². The minimum Gasteiger partial charge on any atom is -0.508 e. The van der Waals surface area contributed by atoms with Crippen molar-refractivity contribution in [2.24, 2.45) is 0 Å². The molecular weight excluding hydrogens is 493 g/mol. The molecule has 0 spiro atoms. The number of fused-ring (bicyclic) bond motifs is 2. The summed E-state index contributed by atoms with van der Waals surface area (Å²) in [5.74, 6) is 0.216. The number of phenols is 1. The van der Waals surface area contributed by atoms with E-state index in [4.69, 9.17) is 10.5 Å². The number of phenolic OH excluding ortho intramolecular Hbond substituents is 1. The van der Waals surface area contributed by atoms with Crippen LogP contribution in [0.25, 0.3) is 27.8 Å². The molecule has 0 radical (unpaired) electrons. The van der Waals surface area contributed by atoms with E-state index in [0.29, 0.717) is 53.6 Å². The zero-order valence-electron chi connectivity index (χ0n) is 20.5. The highest BCUT2D eigenvalue weighted by molar-refractivity contribution is 5.98. The summed E-state index contributed by atoms with van der Waals surface area (Å²) in [5.41, 5.74) is 8.87. The number of amides is 1. The molecule has 13 heteroatoms. The Balaban J connectivity index is 1.37. The predicted octanol–water partition coefficient (Wildman–Crippen LogP) is 2.32. The van der Waals surface area contributed by atoms with Crippen LogP contribution in [0.3, 0.4) is 0 Å². The maximum atomic E-state index is 14.1. The van der Waals surface area contributed by atoms with Gasteiger partial charge in [-0.3, -0.25) is 4.79 Å². The number of carbonyl (C=O) groups is 1. The molecular formula is C25H24FN9O3. The molecule has 1 fully saturated rings. The highest BCUT2D eigenvalue weighted by atomic mass is 19.1. The minimum absolute atomic E-state index is 0.0996. The van der Waals surface area contributed by atoms with Gasteiger partial charge in [0.05, 0.1) is 11.9 Å². The Labute approximate surface area is 215 Å². The summed E-state index contributed by atoms with van der Waals surface area (Å²) >= 11 is 0. The van der Waals surface area contributed by atoms with Gasteiger partial charge in [-0.15, -0.1) is 0 Å². The van der Waals surface area contributed by atoms with Crippen LogP contribution in [0.1, 0.15) is 24.2 Å². The fraction of sp³-hybridized carbons (Fsp3) is 0.280. The van der Waals surface area contributed by atoms with Crippen molar-refractivity contribution < 1.29 is 19.0 Å². The number of halogens is 1. The van der Waals surface area contributed by atoms with Gasteiger partial charge in [0, 0.05) is 30.8 Å². The summed E-state index contributed by atoms with van der Waals surface area (Å²) in [6, 6.07) is 5.56. The molecule has 0 atom stereocenters. The maximum Gasteiger partial charge on any atom is 0.242 e. The van der Waals surface area contributed by atoms with Gasteiger partial charge in [0.25, 0.3) is 0 Å². The highest BCUT2D eigenvalue weighted by Crippen LogP contribution is 2.32. The van der Waals surface area contributed by atoms with E-state index in [1.807, 2.05) is 19.2 Å². The van der Waals surface area contributed by atoms with E-state index in [0.717, 1.165) is 30.1 Å². The average molecular weight is 518 g/mol. The number of nitrogens with zero attached hydrogens (tertiary/aromatic N) is 8. The number of hydrogen-bond donors (Lipinski definition) is 2. The smallest absolute Gasteiger partial charge is 0.242 e. The van der Waals surface area contributed by atoms with Crippen LogP contribution in [0.15, 0.2) is 36.8 Å². The first-order chi connectivity index (χ1) is 18.4. The van der Waals surface area contributed by atoms with Gasteiger partial charge in [-0.25, -0.2) is 23.6 Å². The summed E-state index contributed by atoms with van der Waals surface area (Å²) in [4.78, 5) is 26.8. The largest absolute Gasteiger partial charge is 0.508 e. The predicted molar refractivity (Wildman–Crippen MR) is 135 cm³/mol. The van der Waals surface area contributed by atoms with Crippen LogP contribution >= 0.6 is 0 Å². The number of aryl methyl sites for hydroxylation is 1. The van der Waals surface area contributed by atoms with Gasteiger partial charge in [0.15, 0.2) is 11.5 Å². The third kappa shape index (κ3) is 4.21. The van der Waals surface area contributed by atoms with Crippen LogP contribution in [0.4, 0.5) is 10.2 Å². The van der Waals surface area contributed by atoms with Crippen molar-refractivity contribution in [2.75, 3.05) is 25.4 Å². The number of nitrogen functional groups attached to an aromatic ring is 1. The Morgan fingerprint density at radius 2 is 2.08 bits per heavy atom. The van der Waals surface area contributed by atoms with E-state index >= 15 is 0 Å². The van der Waals surface area contributed by atoms with Crippen LogP contribution in [0.5, 0.6) is 11.6 Å². The molecule has 194 valence electrons. The number of likely N-dealkylation sites (tertiary alicyclic amines) is 1. The van der Waals surface area contributed by atoms with Crippen LogP contribution in [-0.2, 0) is 11.3 Å². The van der Waals surface area contributed by atoms with Crippen molar-refractivity contribution in [3.05, 3.63) is 54.0 Å². The second-order valence-electron chi connectivity index (χ2n) is 9.12. The molecule has 0 aliphatic carbocycles. The van der Waals surface area contributed by atoms with Crippen molar-refractivity contribution in [1.29, 1.82) is 0 Å². The Morgan fingerprint density at radius 1 is 1.21 bits per heavy atom. The maximum absolute atomic E-state index is 14.1. The van der Waals surface area contributed by atoms with Crippen LogP contribution < -0.4 is 10.5 Å². The topological polar surface area (TPSA) is 150 Å². The first-order valence-electron chi connectivity index (χ1n) is 12.1. The van der Waals surface area contributed by atoms with Gasteiger partial charge in [0.2, 0.25) is 11.8 Å². The van der Waals surface area contributed by atoms with Crippen LogP contribution in [0.2, 0.25) is 0 Å². The summed E-state index contributed by atoms with van der Waals surface area (Å²) in [7, 11) is 0. The molecule has 1 aliphatic rings. The average Bonchev–Trinajstić information content (AvgIpc) is 3.57. The van der Waals surface area contributed by atoms with Crippen molar-refractivity contribution >= 4 is 28.3 Å². The van der Waals surface area contributed by atoms with Crippen molar-refractivity contribution in [3.8, 4) is 22.9 Å². The molecule has 0 unspecified atom stereocenters. The van der Waals surface area contributed by atoms with E-state index in [1.165, 1.54) is 18.5 Å². The van der Waals surface area contributed by atoms with E-state index in [2.05, 4.69) is 25.1 Å². The van der Waals surface area contributed by atoms with E-state index in [-0.39, 0.29) is 24.0 Å². The number of anilines is 1. The van der Waals surface area contributed by atoms with Gasteiger partial charge in [-0.05, 0) is 37.1 Å². The first-order valence-corrected chi connectivity index (χ1v) is 12.1. The molecule has 4 aromatic heterocycles. The zero-order chi connectivity index (χ0) is 26.4. The molecule has 1 amide bonds. The Hall–Kier alpha value is -4.81. The highest BCUT2D eigenvalue weighted by Gasteiger charge is 2.22. The minimum atomic E-state index is -0.618. The summed E-state index contributed by atoms with van der Waals surface area (Å²) in [5, 5.41) is 19.6. The molecule has 1 saturated heterocycles. The molecule has 12 nitrogen and oxygen atoms in total. The van der Waals surface area contributed by atoms with Gasteiger partial charge in [-0.2, -0.15) is 15.2 Å². The number of nitrogens with two attached hydrogens (primary N) is 1. The molecule has 1 aromatic carbocycles. The number of ether oxygens (including phenoxy) is 1. The van der Waals surface area contributed by atoms with Gasteiger partial charge < -0.3 is 20.5 Å². The van der Waals surface area contributed by atoms with E-state index < -0.39 is 5.82 Å². The fourth-order valence-electron chi connectivity index (χ4n) is 4.73. The molecule has 38 heavy (non-hydrogen) atoms. The third-order valence-corrected chi connectivity index (χ3v) is 6.50. The number of aromatic hydroxyl groups is 1. The normalized spacial score (nSPS) is 13.7. The Kier molecular flexibility index (Phi) is 5.74. The Morgan fingerprint density at radius 3 is 2.87 bits per heavy atom. The molecule has 5 heterocycles. The molecule has 0 saturated carbocycles. The quantitative estimate of drug-likeness (QED) is 0.332. The third-order valence-electron chi connectivity index (χ3n) is 6.50. The second kappa shape index (κ2) is 9.25. The van der Waals surface area contributed by atoms with E-state index in [9.17, 15) is 14.3 Å². The fourth-order valence-corrected chi connectivity index (χ4v) is 4.73. The lowest BCUT2D eigenvalue weighted by molar-refractivity contribution is -0.128. The molecule has 6 rings (SSSR count). The SMILES string of the molecule is Cc1ccn2nc(Cn3nc(-c4cc(O)cc(F)c4)c4c(N)ncnc43)nc(OCCN3CCCC3=O)c12. The summed E-state index contributed by atoms with van der Waals surface area (Å²) in [6.07, 6.45) is 4.57. The number of carbonyl (C=O) groups excluding carboxylic acids is 1. The van der Waals surface area contributed by atoms with Gasteiger partial charge in [-0.1, -0.05) is 0 Å². The van der Waals surface area contributed by atoms with Crippen molar-refractivity contribution in [3.63, 3.8) is 0 Å². The lowest BCUT2D eigenvalue weighted by Crippen LogP contribution is -2.29. The number of hydrogen-bond acceptors (Lipinski definition) is 9. The number of aromatic nitrogens is 7. The van der Waals surface area contributed by atoms with Gasteiger partial charge in [0.1, 0.15) is 48.1 Å². The van der Waals surface area contributed by atoms with Gasteiger partial charge >= 0.3 is 0 Å². The molecule has 3 N–H and O–H groups in total. The second-order valence-corrected chi connectivity index (χ2v) is 9.12. The standard InChI is InChI=1S/C25H24FN9O3/c1-14-4-6-34-22(14)25(38-8-7-33-5-2-3-19(33)37)30-18(31-34)12-35-24-20(23(27)28-13-29-24)21(32-35)15-9-16(26)11-17(36)10-15/h4,6,9-11,13,36H,2-3,5,7-8,12H2,1H3,(H2,27,28,29). The lowest BCUT2D eigenvalue weighted by atomic mass is 10.1. The summed E-state index contributed by atoms with van der Waals surface area (Å²) < 4.78 is 23.4. The first kappa shape index (κ1) is 23.6. The van der Waals surface area contributed by atoms with Crippen molar-refractivity contribution in [2.45, 2.75) is 26.3 Å². The number of rotatable bonds is 7. The van der Waals surface area contributed by atoms with Crippen molar-refractivity contribution in [1.82, 2.24) is 39.2 Å². The monoisotopic (exact) mass is 517 g/mol. The zero-order valence-corrected chi connectivity index (χ0v) is 20.5. The summed E-state index contributed by atoms with van der Waals surface area (Å²) in [6.45, 7) is 3.55.